The maximum absolute atomic E-state index is 12.4. The minimum absolute atomic E-state index is 0.129. The molecule has 3 atom stereocenters. The number of nitrogens with zero attached hydrogens (tertiary/aromatic N) is 1. The Morgan fingerprint density at radius 1 is 1.30 bits per heavy atom. The van der Waals surface area contributed by atoms with E-state index in [1.165, 1.54) is 12.7 Å². The molecule has 2 saturated heterocycles. The lowest BCUT2D eigenvalue weighted by atomic mass is 9.84. The van der Waals surface area contributed by atoms with E-state index in [0.29, 0.717) is 37.3 Å². The van der Waals surface area contributed by atoms with Crippen molar-refractivity contribution in [1.29, 1.82) is 0 Å². The molecule has 4 rings (SSSR count). The lowest BCUT2D eigenvalue weighted by molar-refractivity contribution is -0.137. The fraction of sp³-hybridized carbons (Fsp3) is 0.647. The zero-order valence-electron chi connectivity index (χ0n) is 13.1. The van der Waals surface area contributed by atoms with Crippen LogP contribution in [0, 0.1) is 17.8 Å². The monoisotopic (exact) mass is 318 g/mol. The van der Waals surface area contributed by atoms with E-state index in [0.717, 1.165) is 19.4 Å². The molecule has 124 valence electrons. The Hall–Kier alpha value is -1.82. The van der Waals surface area contributed by atoms with E-state index >= 15 is 0 Å². The van der Waals surface area contributed by atoms with Crippen LogP contribution in [0.15, 0.2) is 22.8 Å². The number of furan rings is 1. The molecule has 2 aliphatic heterocycles. The number of likely N-dealkylation sites (tertiary alicyclic amines) is 1. The SMILES string of the molecule is O=C(NC[C@H]1CO[C@@H]2CN(C(=O)C3CCC3)C[C@H]12)c1ccco1. The van der Waals surface area contributed by atoms with Gasteiger partial charge in [-0.15, -0.1) is 0 Å². The minimum Gasteiger partial charge on any atom is -0.459 e. The van der Waals surface area contributed by atoms with Crippen molar-refractivity contribution in [3.05, 3.63) is 24.2 Å². The van der Waals surface area contributed by atoms with Crippen molar-refractivity contribution in [1.82, 2.24) is 10.2 Å². The summed E-state index contributed by atoms with van der Waals surface area (Å²) in [6.45, 7) is 2.69. The Morgan fingerprint density at radius 3 is 2.87 bits per heavy atom. The molecule has 1 N–H and O–H groups in total. The molecule has 6 heteroatoms. The van der Waals surface area contributed by atoms with Gasteiger partial charge in [-0.2, -0.15) is 0 Å². The fourth-order valence-electron chi connectivity index (χ4n) is 3.82. The molecule has 1 aromatic heterocycles. The number of carbonyl (C=O) groups is 2. The minimum atomic E-state index is -0.196. The number of ether oxygens (including phenoxy) is 1. The van der Waals surface area contributed by atoms with E-state index in [2.05, 4.69) is 5.32 Å². The number of nitrogens with one attached hydrogen (secondary N) is 1. The quantitative estimate of drug-likeness (QED) is 0.908. The Labute approximate surface area is 135 Å². The molecule has 1 saturated carbocycles. The van der Waals surface area contributed by atoms with Crippen LogP contribution < -0.4 is 5.32 Å². The zero-order valence-corrected chi connectivity index (χ0v) is 13.1. The molecule has 0 bridgehead atoms. The molecule has 0 unspecified atom stereocenters. The van der Waals surface area contributed by atoms with E-state index in [9.17, 15) is 9.59 Å². The summed E-state index contributed by atoms with van der Waals surface area (Å²) in [6.07, 6.45) is 4.87. The van der Waals surface area contributed by atoms with Gasteiger partial charge in [-0.05, 0) is 25.0 Å². The van der Waals surface area contributed by atoms with Gasteiger partial charge >= 0.3 is 0 Å². The van der Waals surface area contributed by atoms with Gasteiger partial charge in [0.1, 0.15) is 0 Å². The van der Waals surface area contributed by atoms with Crippen LogP contribution in [0.3, 0.4) is 0 Å². The number of carbonyl (C=O) groups excluding carboxylic acids is 2. The molecule has 6 nitrogen and oxygen atoms in total. The summed E-state index contributed by atoms with van der Waals surface area (Å²) in [4.78, 5) is 26.3. The summed E-state index contributed by atoms with van der Waals surface area (Å²) in [7, 11) is 0. The lowest BCUT2D eigenvalue weighted by Crippen LogP contribution is -2.39. The van der Waals surface area contributed by atoms with Gasteiger partial charge in [0.25, 0.3) is 5.91 Å². The standard InChI is InChI=1S/C17H22N2O4/c20-16(14-5-2-6-22-14)18-7-12-10-23-15-9-19(8-13(12)15)17(21)11-3-1-4-11/h2,5-6,11-13,15H,1,3-4,7-10H2,(H,18,20)/t12-,13+,15+/m0/s1. The molecular weight excluding hydrogens is 296 g/mol. The van der Waals surface area contributed by atoms with Crippen LogP contribution in [0.4, 0.5) is 0 Å². The van der Waals surface area contributed by atoms with Crippen molar-refractivity contribution in [2.45, 2.75) is 25.4 Å². The normalized spacial score (nSPS) is 30.1. The van der Waals surface area contributed by atoms with Crippen LogP contribution >= 0.6 is 0 Å². The van der Waals surface area contributed by atoms with Gasteiger partial charge in [-0.3, -0.25) is 9.59 Å². The van der Waals surface area contributed by atoms with Crippen LogP contribution in [0.25, 0.3) is 0 Å². The first-order chi connectivity index (χ1) is 11.2. The maximum Gasteiger partial charge on any atom is 0.286 e. The number of hydrogen-bond donors (Lipinski definition) is 1. The summed E-state index contributed by atoms with van der Waals surface area (Å²) in [5.74, 6) is 1.26. The fourth-order valence-corrected chi connectivity index (χ4v) is 3.82. The molecule has 23 heavy (non-hydrogen) atoms. The van der Waals surface area contributed by atoms with Crippen LogP contribution in [0.5, 0.6) is 0 Å². The first-order valence-electron chi connectivity index (χ1n) is 8.44. The van der Waals surface area contributed by atoms with Crippen molar-refractivity contribution in [3.63, 3.8) is 0 Å². The summed E-state index contributed by atoms with van der Waals surface area (Å²) in [6, 6.07) is 3.35. The third kappa shape index (κ3) is 2.76. The number of rotatable bonds is 4. The molecule has 2 amide bonds. The maximum atomic E-state index is 12.4. The highest BCUT2D eigenvalue weighted by atomic mass is 16.5. The van der Waals surface area contributed by atoms with Gasteiger partial charge < -0.3 is 19.4 Å². The number of fused-ring (bicyclic) bond motifs is 1. The van der Waals surface area contributed by atoms with Crippen molar-refractivity contribution in [2.75, 3.05) is 26.2 Å². The predicted octanol–water partition coefficient (Wildman–Crippen LogP) is 1.28. The molecule has 0 spiro atoms. The van der Waals surface area contributed by atoms with Crippen LogP contribution in [0.2, 0.25) is 0 Å². The molecule has 1 aliphatic carbocycles. The molecule has 3 aliphatic rings. The summed E-state index contributed by atoms with van der Waals surface area (Å²) in [5, 5.41) is 2.91. The topological polar surface area (TPSA) is 71.8 Å². The van der Waals surface area contributed by atoms with Crippen molar-refractivity contribution < 1.29 is 18.7 Å². The number of hydrogen-bond acceptors (Lipinski definition) is 4. The smallest absolute Gasteiger partial charge is 0.286 e. The van der Waals surface area contributed by atoms with E-state index in [1.807, 2.05) is 4.90 Å². The van der Waals surface area contributed by atoms with E-state index in [-0.39, 0.29) is 23.8 Å². The van der Waals surface area contributed by atoms with Gasteiger partial charge in [0.15, 0.2) is 5.76 Å². The molecule has 3 fully saturated rings. The zero-order chi connectivity index (χ0) is 15.8. The average Bonchev–Trinajstić information content (AvgIpc) is 3.20. The highest BCUT2D eigenvalue weighted by molar-refractivity contribution is 5.91. The van der Waals surface area contributed by atoms with E-state index in [4.69, 9.17) is 9.15 Å². The van der Waals surface area contributed by atoms with Gasteiger partial charge in [0.05, 0.1) is 19.0 Å². The lowest BCUT2D eigenvalue weighted by Gasteiger charge is -2.29. The van der Waals surface area contributed by atoms with Crippen molar-refractivity contribution in [2.24, 2.45) is 17.8 Å². The van der Waals surface area contributed by atoms with Gasteiger partial charge in [-0.25, -0.2) is 0 Å². The summed E-state index contributed by atoms with van der Waals surface area (Å²) in [5.41, 5.74) is 0. The molecule has 1 aromatic rings. The summed E-state index contributed by atoms with van der Waals surface area (Å²) < 4.78 is 11.0. The third-order valence-corrected chi connectivity index (χ3v) is 5.47. The van der Waals surface area contributed by atoms with Gasteiger partial charge in [-0.1, -0.05) is 6.42 Å². The molecular formula is C17H22N2O4. The van der Waals surface area contributed by atoms with Gasteiger partial charge in [0, 0.05) is 37.4 Å². The first-order valence-corrected chi connectivity index (χ1v) is 8.44. The second kappa shape index (κ2) is 6.00. The second-order valence-corrected chi connectivity index (χ2v) is 6.85. The van der Waals surface area contributed by atoms with E-state index in [1.54, 1.807) is 12.1 Å². The average molecular weight is 318 g/mol. The van der Waals surface area contributed by atoms with Crippen molar-refractivity contribution >= 4 is 11.8 Å². The third-order valence-electron chi connectivity index (χ3n) is 5.47. The molecule has 3 heterocycles. The Bertz CT molecular complexity index is 581. The van der Waals surface area contributed by atoms with Crippen LogP contribution in [-0.2, 0) is 9.53 Å². The highest BCUT2D eigenvalue weighted by Gasteiger charge is 2.46. The van der Waals surface area contributed by atoms with Crippen LogP contribution in [-0.4, -0.2) is 49.1 Å². The highest BCUT2D eigenvalue weighted by Crippen LogP contribution is 2.36. The largest absolute Gasteiger partial charge is 0.459 e. The first kappa shape index (κ1) is 14.8. The van der Waals surface area contributed by atoms with E-state index < -0.39 is 0 Å². The Kier molecular flexibility index (Phi) is 3.85. The summed E-state index contributed by atoms with van der Waals surface area (Å²) >= 11 is 0. The Balaban J connectivity index is 1.31. The van der Waals surface area contributed by atoms with Crippen LogP contribution in [0.1, 0.15) is 29.8 Å². The molecule has 0 aromatic carbocycles. The second-order valence-electron chi connectivity index (χ2n) is 6.85. The van der Waals surface area contributed by atoms with Gasteiger partial charge in [0.2, 0.25) is 5.91 Å². The van der Waals surface area contributed by atoms with Crippen molar-refractivity contribution in [3.8, 4) is 0 Å². The number of amides is 2. The molecule has 0 radical (unpaired) electrons. The Morgan fingerprint density at radius 2 is 2.17 bits per heavy atom. The predicted molar refractivity (Wildman–Crippen MR) is 81.7 cm³/mol.